The van der Waals surface area contributed by atoms with Gasteiger partial charge in [0.15, 0.2) is 5.60 Å². The molecule has 0 aliphatic rings. The van der Waals surface area contributed by atoms with Crippen LogP contribution in [0.3, 0.4) is 0 Å². The number of carboxylic acid groups (broad SMARTS) is 1. The minimum atomic E-state index is -1.31. The number of rotatable bonds is 5. The maximum absolute atomic E-state index is 11.4. The molecule has 0 radical (unpaired) electrons. The van der Waals surface area contributed by atoms with Crippen molar-refractivity contribution in [1.29, 1.82) is 0 Å². The summed E-state index contributed by atoms with van der Waals surface area (Å²) < 4.78 is 10.1. The fourth-order valence-corrected chi connectivity index (χ4v) is 1.21. The first kappa shape index (κ1) is 14.0. The molecule has 0 saturated carbocycles. The molecule has 0 aliphatic carbocycles. The Bertz CT molecular complexity index is 433. The molecular weight excluding hydrogens is 236 g/mol. The molecule has 18 heavy (non-hydrogen) atoms. The summed E-state index contributed by atoms with van der Waals surface area (Å²) in [5.41, 5.74) is -0.914. The van der Waals surface area contributed by atoms with Crippen LogP contribution in [0.2, 0.25) is 0 Å². The number of carbonyl (C=O) groups excluding carboxylic acids is 1. The highest BCUT2D eigenvalue weighted by atomic mass is 16.5. The molecule has 0 heterocycles. The number of aliphatic carboxylic acids is 1. The van der Waals surface area contributed by atoms with E-state index in [2.05, 4.69) is 0 Å². The predicted molar refractivity (Wildman–Crippen MR) is 64.7 cm³/mol. The highest BCUT2D eigenvalue weighted by Gasteiger charge is 2.29. The van der Waals surface area contributed by atoms with E-state index in [1.807, 2.05) is 0 Å². The number of hydrogen-bond donors (Lipinski definition) is 1. The molecule has 0 aromatic heterocycles. The van der Waals surface area contributed by atoms with Gasteiger partial charge in [-0.2, -0.15) is 0 Å². The first-order chi connectivity index (χ1) is 8.36. The van der Waals surface area contributed by atoms with Gasteiger partial charge in [-0.3, -0.25) is 0 Å². The van der Waals surface area contributed by atoms with Crippen LogP contribution in [0, 0.1) is 0 Å². The summed E-state index contributed by atoms with van der Waals surface area (Å²) in [5.74, 6) is -1.09. The van der Waals surface area contributed by atoms with E-state index in [0.29, 0.717) is 17.9 Å². The van der Waals surface area contributed by atoms with Gasteiger partial charge in [-0.1, -0.05) is 0 Å². The van der Waals surface area contributed by atoms with Gasteiger partial charge in [-0.25, -0.2) is 9.59 Å². The standard InChI is InChI=1S/C13H16O5/c1-4-17-11(14)9-5-7-10(8-6-9)18-13(2,3)12(15)16/h5-8H,4H2,1-3H3,(H,15,16). The van der Waals surface area contributed by atoms with Gasteiger partial charge < -0.3 is 14.6 Å². The van der Waals surface area contributed by atoms with E-state index in [9.17, 15) is 9.59 Å². The summed E-state index contributed by atoms with van der Waals surface area (Å²) in [6.07, 6.45) is 0. The fraction of sp³-hybridized carbons (Fsp3) is 0.385. The maximum Gasteiger partial charge on any atom is 0.347 e. The lowest BCUT2D eigenvalue weighted by Gasteiger charge is -2.21. The van der Waals surface area contributed by atoms with Crippen molar-refractivity contribution in [1.82, 2.24) is 0 Å². The molecule has 5 nitrogen and oxygen atoms in total. The lowest BCUT2D eigenvalue weighted by atomic mass is 10.1. The van der Waals surface area contributed by atoms with Crippen molar-refractivity contribution in [2.75, 3.05) is 6.61 Å². The van der Waals surface area contributed by atoms with Crippen molar-refractivity contribution in [3.63, 3.8) is 0 Å². The first-order valence-electron chi connectivity index (χ1n) is 5.56. The largest absolute Gasteiger partial charge is 0.478 e. The lowest BCUT2D eigenvalue weighted by molar-refractivity contribution is -0.152. The zero-order valence-electron chi connectivity index (χ0n) is 10.6. The van der Waals surface area contributed by atoms with Gasteiger partial charge in [0.2, 0.25) is 0 Å². The highest BCUT2D eigenvalue weighted by Crippen LogP contribution is 2.19. The predicted octanol–water partition coefficient (Wildman–Crippen LogP) is 2.11. The summed E-state index contributed by atoms with van der Waals surface area (Å²) in [6, 6.07) is 6.14. The van der Waals surface area contributed by atoms with Crippen molar-refractivity contribution in [2.45, 2.75) is 26.4 Å². The zero-order chi connectivity index (χ0) is 13.8. The molecule has 0 atom stereocenters. The van der Waals surface area contributed by atoms with Crippen LogP contribution in [-0.4, -0.2) is 29.3 Å². The van der Waals surface area contributed by atoms with E-state index in [-0.39, 0.29) is 0 Å². The molecule has 1 aromatic rings. The van der Waals surface area contributed by atoms with Crippen molar-refractivity contribution in [3.05, 3.63) is 29.8 Å². The number of hydrogen-bond acceptors (Lipinski definition) is 4. The molecule has 5 heteroatoms. The molecule has 0 spiro atoms. The summed E-state index contributed by atoms with van der Waals surface area (Å²) in [5, 5.41) is 8.92. The number of carbonyl (C=O) groups is 2. The first-order valence-corrected chi connectivity index (χ1v) is 5.56. The Balaban J connectivity index is 2.78. The molecule has 1 rings (SSSR count). The van der Waals surface area contributed by atoms with E-state index in [0.717, 1.165) is 0 Å². The van der Waals surface area contributed by atoms with Crippen LogP contribution in [0.15, 0.2) is 24.3 Å². The molecule has 1 N–H and O–H groups in total. The third-order valence-electron chi connectivity index (χ3n) is 2.25. The van der Waals surface area contributed by atoms with Gasteiger partial charge in [0.1, 0.15) is 5.75 Å². The zero-order valence-corrected chi connectivity index (χ0v) is 10.6. The second kappa shape index (κ2) is 5.53. The second-order valence-corrected chi connectivity index (χ2v) is 4.16. The van der Waals surface area contributed by atoms with Gasteiger partial charge in [-0.05, 0) is 45.0 Å². The molecule has 0 bridgehead atoms. The number of esters is 1. The van der Waals surface area contributed by atoms with E-state index < -0.39 is 17.5 Å². The summed E-state index contributed by atoms with van der Waals surface area (Å²) in [7, 11) is 0. The average Bonchev–Trinajstić information content (AvgIpc) is 2.29. The number of ether oxygens (including phenoxy) is 2. The normalized spacial score (nSPS) is 10.8. The van der Waals surface area contributed by atoms with Gasteiger partial charge >= 0.3 is 11.9 Å². The molecular formula is C13H16O5. The number of benzene rings is 1. The Morgan fingerprint density at radius 2 is 1.78 bits per heavy atom. The smallest absolute Gasteiger partial charge is 0.347 e. The molecule has 0 saturated heterocycles. The SMILES string of the molecule is CCOC(=O)c1ccc(OC(C)(C)C(=O)O)cc1. The number of carboxylic acids is 1. The van der Waals surface area contributed by atoms with Crippen LogP contribution in [-0.2, 0) is 9.53 Å². The van der Waals surface area contributed by atoms with Crippen LogP contribution >= 0.6 is 0 Å². The monoisotopic (exact) mass is 252 g/mol. The highest BCUT2D eigenvalue weighted by molar-refractivity contribution is 5.89. The van der Waals surface area contributed by atoms with Crippen LogP contribution in [0.1, 0.15) is 31.1 Å². The van der Waals surface area contributed by atoms with Crippen molar-refractivity contribution in [3.8, 4) is 5.75 Å². The van der Waals surface area contributed by atoms with Gasteiger partial charge in [0.05, 0.1) is 12.2 Å². The van der Waals surface area contributed by atoms with Crippen molar-refractivity contribution < 1.29 is 24.2 Å². The molecule has 0 amide bonds. The Hall–Kier alpha value is -2.04. The van der Waals surface area contributed by atoms with Crippen LogP contribution in [0.5, 0.6) is 5.75 Å². The molecule has 0 unspecified atom stereocenters. The summed E-state index contributed by atoms with van der Waals surface area (Å²) in [4.78, 5) is 22.3. The van der Waals surface area contributed by atoms with E-state index in [4.69, 9.17) is 14.6 Å². The second-order valence-electron chi connectivity index (χ2n) is 4.16. The minimum absolute atomic E-state index is 0.309. The van der Waals surface area contributed by atoms with Crippen molar-refractivity contribution >= 4 is 11.9 Å². The van der Waals surface area contributed by atoms with E-state index >= 15 is 0 Å². The average molecular weight is 252 g/mol. The van der Waals surface area contributed by atoms with E-state index in [1.54, 1.807) is 6.92 Å². The quantitative estimate of drug-likeness (QED) is 0.812. The lowest BCUT2D eigenvalue weighted by Crippen LogP contribution is -2.37. The van der Waals surface area contributed by atoms with Crippen LogP contribution in [0.25, 0.3) is 0 Å². The Morgan fingerprint density at radius 3 is 2.22 bits per heavy atom. The third-order valence-corrected chi connectivity index (χ3v) is 2.25. The van der Waals surface area contributed by atoms with Gasteiger partial charge in [-0.15, -0.1) is 0 Å². The Kier molecular flexibility index (Phi) is 4.31. The molecule has 0 aliphatic heterocycles. The molecule has 0 fully saturated rings. The summed E-state index contributed by atoms with van der Waals surface area (Å²) in [6.45, 7) is 4.94. The molecule has 98 valence electrons. The Morgan fingerprint density at radius 1 is 1.22 bits per heavy atom. The summed E-state index contributed by atoms with van der Waals surface area (Å²) >= 11 is 0. The topological polar surface area (TPSA) is 72.8 Å². The van der Waals surface area contributed by atoms with E-state index in [1.165, 1.54) is 38.1 Å². The minimum Gasteiger partial charge on any atom is -0.478 e. The van der Waals surface area contributed by atoms with Gasteiger partial charge in [0.25, 0.3) is 0 Å². The Labute approximate surface area is 105 Å². The molecule has 1 aromatic carbocycles. The van der Waals surface area contributed by atoms with Gasteiger partial charge in [0, 0.05) is 0 Å². The van der Waals surface area contributed by atoms with Crippen molar-refractivity contribution in [2.24, 2.45) is 0 Å². The maximum atomic E-state index is 11.4. The third kappa shape index (κ3) is 3.48. The van der Waals surface area contributed by atoms with Crippen LogP contribution < -0.4 is 4.74 Å². The van der Waals surface area contributed by atoms with Crippen LogP contribution in [0.4, 0.5) is 0 Å². The fourth-order valence-electron chi connectivity index (χ4n) is 1.21.